The van der Waals surface area contributed by atoms with E-state index in [1.807, 2.05) is 40.1 Å². The van der Waals surface area contributed by atoms with Crippen molar-refractivity contribution in [3.05, 3.63) is 59.3 Å². The average Bonchev–Trinajstić information content (AvgIpc) is 3.40. The van der Waals surface area contributed by atoms with Gasteiger partial charge >= 0.3 is 0 Å². The van der Waals surface area contributed by atoms with Crippen molar-refractivity contribution in [2.24, 2.45) is 0 Å². The quantitative estimate of drug-likeness (QED) is 0.237. The second kappa shape index (κ2) is 4.84. The summed E-state index contributed by atoms with van der Waals surface area (Å²) in [7, 11) is 0. The molecule has 3 aromatic carbocycles. The summed E-state index contributed by atoms with van der Waals surface area (Å²) in [5.74, 6) is 0. The van der Waals surface area contributed by atoms with Crippen LogP contribution in [0.3, 0.4) is 0 Å². The molecule has 0 bridgehead atoms. The third kappa shape index (κ3) is 1.64. The molecule has 0 N–H and O–H groups in total. The van der Waals surface area contributed by atoms with Crippen molar-refractivity contribution in [1.29, 1.82) is 0 Å². The first-order valence-corrected chi connectivity index (χ1v) is 11.7. The minimum Gasteiger partial charge on any atom is -0.144 e. The fourth-order valence-corrected chi connectivity index (χ4v) is 7.91. The van der Waals surface area contributed by atoms with Crippen LogP contribution in [0.5, 0.6) is 0 Å². The molecule has 4 heterocycles. The molecule has 0 unspecified atom stereocenters. The van der Waals surface area contributed by atoms with Crippen LogP contribution in [0.25, 0.3) is 60.5 Å². The Hall–Kier alpha value is -1.98. The maximum atomic E-state index is 8.14. The molecule has 4 heteroatoms. The van der Waals surface area contributed by atoms with Gasteiger partial charge in [-0.1, -0.05) is 0 Å². The Morgan fingerprint density at radius 3 is 1.65 bits per heavy atom. The molecule has 0 nitrogen and oxygen atoms in total. The standard InChI is InChI=1S/C22H10S4/c1-3-15-19(11-7-9-23-13(1)11)21-17(25-15)5-6-18-22(21)20-12-8-10-24-14(12)2-4-16(20)26-18/h1-10H/i9D. The Kier molecular flexibility index (Phi) is 2.46. The van der Waals surface area contributed by atoms with E-state index in [1.54, 1.807) is 11.3 Å². The van der Waals surface area contributed by atoms with Gasteiger partial charge in [0, 0.05) is 60.5 Å². The van der Waals surface area contributed by atoms with Crippen LogP contribution in [0.4, 0.5) is 0 Å². The first kappa shape index (κ1) is 13.2. The lowest BCUT2D eigenvalue weighted by Crippen LogP contribution is -1.73. The molecule has 0 aliphatic heterocycles. The lowest BCUT2D eigenvalue weighted by molar-refractivity contribution is 2.03. The van der Waals surface area contributed by atoms with Gasteiger partial charge in [0.15, 0.2) is 0 Å². The van der Waals surface area contributed by atoms with Crippen LogP contribution >= 0.6 is 45.3 Å². The van der Waals surface area contributed by atoms with Crippen molar-refractivity contribution in [3.8, 4) is 0 Å². The zero-order valence-corrected chi connectivity index (χ0v) is 16.6. The predicted molar refractivity (Wildman–Crippen MR) is 123 cm³/mol. The lowest BCUT2D eigenvalue weighted by Gasteiger charge is -2.00. The van der Waals surface area contributed by atoms with Crippen LogP contribution in [0, 0.1) is 0 Å². The molecule has 0 amide bonds. The summed E-state index contributed by atoms with van der Waals surface area (Å²) >= 11 is 7.15. The van der Waals surface area contributed by atoms with Gasteiger partial charge < -0.3 is 0 Å². The fourth-order valence-electron chi connectivity index (χ4n) is 4.14. The molecule has 0 aliphatic carbocycles. The van der Waals surface area contributed by atoms with Crippen LogP contribution < -0.4 is 0 Å². The molecule has 7 rings (SSSR count). The topological polar surface area (TPSA) is 0 Å². The smallest absolute Gasteiger partial charge is 0.0740 e. The van der Waals surface area contributed by atoms with Gasteiger partial charge in [0.2, 0.25) is 0 Å². The van der Waals surface area contributed by atoms with Crippen molar-refractivity contribution < 1.29 is 1.37 Å². The van der Waals surface area contributed by atoms with E-state index in [1.165, 1.54) is 60.5 Å². The molecule has 0 fully saturated rings. The van der Waals surface area contributed by atoms with Gasteiger partial charge in [-0.25, -0.2) is 0 Å². The molecule has 0 aliphatic rings. The van der Waals surface area contributed by atoms with E-state index < -0.39 is 0 Å². The van der Waals surface area contributed by atoms with Gasteiger partial charge in [-0.15, -0.1) is 45.3 Å². The Morgan fingerprint density at radius 2 is 1.00 bits per heavy atom. The number of fused-ring (bicyclic) bond motifs is 11. The predicted octanol–water partition coefficient (Wildman–Crippen LogP) is 8.85. The van der Waals surface area contributed by atoms with E-state index >= 15 is 0 Å². The highest BCUT2D eigenvalue weighted by molar-refractivity contribution is 7.28. The van der Waals surface area contributed by atoms with Crippen molar-refractivity contribution in [2.45, 2.75) is 0 Å². The lowest BCUT2D eigenvalue weighted by atomic mass is 10.0. The second-order valence-corrected chi connectivity index (χ2v) is 10.5. The Labute approximate surface area is 165 Å². The van der Waals surface area contributed by atoms with Crippen molar-refractivity contribution in [1.82, 2.24) is 0 Å². The molecular formula is C22H10S4. The normalized spacial score (nSPS) is 13.2. The van der Waals surface area contributed by atoms with Crippen molar-refractivity contribution in [3.63, 3.8) is 0 Å². The van der Waals surface area contributed by atoms with E-state index in [4.69, 9.17) is 1.37 Å². The van der Waals surface area contributed by atoms with Gasteiger partial charge in [-0.05, 0) is 59.3 Å². The minimum atomic E-state index is 0.638. The van der Waals surface area contributed by atoms with E-state index in [9.17, 15) is 0 Å². The van der Waals surface area contributed by atoms with Gasteiger partial charge in [0.1, 0.15) is 0 Å². The van der Waals surface area contributed by atoms with Crippen LogP contribution in [0.1, 0.15) is 1.37 Å². The molecule has 0 saturated carbocycles. The van der Waals surface area contributed by atoms with E-state index in [0.717, 1.165) is 0 Å². The summed E-state index contributed by atoms with van der Waals surface area (Å²) in [6.45, 7) is 0. The monoisotopic (exact) mass is 403 g/mol. The van der Waals surface area contributed by atoms with E-state index in [0.29, 0.717) is 5.36 Å². The highest BCUT2D eigenvalue weighted by Gasteiger charge is 2.17. The third-order valence-electron chi connectivity index (χ3n) is 5.21. The molecule has 0 atom stereocenters. The molecule has 0 saturated heterocycles. The van der Waals surface area contributed by atoms with Gasteiger partial charge in [0.25, 0.3) is 0 Å². The highest BCUT2D eigenvalue weighted by Crippen LogP contribution is 2.48. The molecule has 0 spiro atoms. The van der Waals surface area contributed by atoms with Crippen molar-refractivity contribution >= 4 is 106 Å². The minimum absolute atomic E-state index is 0.638. The van der Waals surface area contributed by atoms with E-state index in [-0.39, 0.29) is 0 Å². The summed E-state index contributed by atoms with van der Waals surface area (Å²) in [5.41, 5.74) is 0. The summed E-state index contributed by atoms with van der Waals surface area (Å²) in [6.07, 6.45) is 0. The molecule has 7 aromatic rings. The average molecular weight is 404 g/mol. The Bertz CT molecular complexity index is 1690. The highest BCUT2D eigenvalue weighted by atomic mass is 32.1. The maximum absolute atomic E-state index is 8.14. The zero-order chi connectivity index (χ0) is 17.7. The van der Waals surface area contributed by atoms with Crippen molar-refractivity contribution in [2.75, 3.05) is 0 Å². The summed E-state index contributed by atoms with van der Waals surface area (Å²) in [6, 6.07) is 17.8. The zero-order valence-electron chi connectivity index (χ0n) is 14.3. The largest absolute Gasteiger partial charge is 0.144 e. The SMILES string of the molecule is [2H]c1cc2c(ccc3sc4ccc5sc6ccc7sccc7c6c5c4c32)s1. The number of rotatable bonds is 0. The number of benzene rings is 3. The molecule has 4 aromatic heterocycles. The van der Waals surface area contributed by atoms with E-state index in [2.05, 4.69) is 47.8 Å². The molecule has 26 heavy (non-hydrogen) atoms. The fraction of sp³-hybridized carbons (Fsp3) is 0. The second-order valence-electron chi connectivity index (χ2n) is 6.50. The molecule has 0 radical (unpaired) electrons. The first-order valence-electron chi connectivity index (χ1n) is 8.85. The summed E-state index contributed by atoms with van der Waals surface area (Å²) in [4.78, 5) is 0. The third-order valence-corrected chi connectivity index (χ3v) is 9.14. The summed E-state index contributed by atoms with van der Waals surface area (Å²) < 4.78 is 16.1. The van der Waals surface area contributed by atoms with Gasteiger partial charge in [0.05, 0.1) is 1.37 Å². The number of thiophene rings is 4. The number of hydrogen-bond donors (Lipinski definition) is 0. The summed E-state index contributed by atoms with van der Waals surface area (Å²) in [5, 5.41) is 10.9. The van der Waals surface area contributed by atoms with Gasteiger partial charge in [-0.3, -0.25) is 0 Å². The van der Waals surface area contributed by atoms with Crippen LogP contribution in [0.15, 0.2) is 59.3 Å². The first-order chi connectivity index (χ1) is 13.3. The Balaban J connectivity index is 1.88. The van der Waals surface area contributed by atoms with Crippen LogP contribution in [-0.4, -0.2) is 0 Å². The number of hydrogen-bond acceptors (Lipinski definition) is 4. The maximum Gasteiger partial charge on any atom is 0.0740 e. The molecular weight excluding hydrogens is 393 g/mol. The van der Waals surface area contributed by atoms with Gasteiger partial charge in [-0.2, -0.15) is 0 Å². The Morgan fingerprint density at radius 1 is 0.500 bits per heavy atom. The van der Waals surface area contributed by atoms with Crippen LogP contribution in [-0.2, 0) is 0 Å². The van der Waals surface area contributed by atoms with Crippen LogP contribution in [0.2, 0.25) is 0 Å². The molecule has 122 valence electrons.